The molecule has 18 nitrogen and oxygen atoms in total. The number of ether oxygens (including phenoxy) is 1. The molecule has 4 aromatic heterocycles. The van der Waals surface area contributed by atoms with E-state index in [2.05, 4.69) is 76.7 Å². The molecule has 5 heterocycles. The van der Waals surface area contributed by atoms with Crippen molar-refractivity contribution in [3.05, 3.63) is 138 Å². The summed E-state index contributed by atoms with van der Waals surface area (Å²) in [6.45, 7) is 10.8. The maximum absolute atomic E-state index is 14.1. The molecule has 2 aromatic carbocycles. The lowest BCUT2D eigenvalue weighted by Gasteiger charge is -2.27. The third-order valence-electron chi connectivity index (χ3n) is 11.3. The molecule has 23 heteroatoms. The fraction of sp³-hybridized carbons (Fsp3) is 0.348. The number of aromatic nitrogens is 8. The van der Waals surface area contributed by atoms with Gasteiger partial charge in [-0.05, 0) is 74.4 Å². The summed E-state index contributed by atoms with van der Waals surface area (Å²) in [4.78, 5) is 62.3. The number of amidine groups is 1. The summed E-state index contributed by atoms with van der Waals surface area (Å²) in [5, 5.41) is 31.3. The number of nitrogens with zero attached hydrogens (tertiary/aromatic N) is 9. The summed E-state index contributed by atoms with van der Waals surface area (Å²) in [6.07, 6.45) is 6.04. The number of carbonyl (C=O) groups is 4. The van der Waals surface area contributed by atoms with Gasteiger partial charge in [-0.25, -0.2) is 22.9 Å². The van der Waals surface area contributed by atoms with Gasteiger partial charge in [0.15, 0.2) is 22.5 Å². The van der Waals surface area contributed by atoms with Gasteiger partial charge in [0.05, 0.1) is 36.2 Å². The quantitative estimate of drug-likeness (QED) is 0.0378. The summed E-state index contributed by atoms with van der Waals surface area (Å²) >= 11 is 4.84. The Hall–Kier alpha value is -6.85. The number of nitrogens with one attached hydrogen (secondary N) is 4. The number of ketones is 1. The highest BCUT2D eigenvalue weighted by Crippen LogP contribution is 2.37. The molecule has 0 aliphatic carbocycles. The number of halogens is 4. The maximum Gasteiger partial charge on any atom is 0.338 e. The van der Waals surface area contributed by atoms with Crippen LogP contribution in [0.5, 0.6) is 0 Å². The third-order valence-corrected chi connectivity index (χ3v) is 12.7. The van der Waals surface area contributed by atoms with Gasteiger partial charge >= 0.3 is 5.97 Å². The number of amides is 2. The van der Waals surface area contributed by atoms with Gasteiger partial charge in [-0.15, -0.1) is 21.5 Å². The molecule has 69 heavy (non-hydrogen) atoms. The smallest absolute Gasteiger partial charge is 0.338 e. The van der Waals surface area contributed by atoms with Crippen LogP contribution in [0.4, 0.5) is 18.9 Å². The van der Waals surface area contributed by atoms with E-state index in [0.717, 1.165) is 18.6 Å². The molecule has 4 N–H and O–H groups in total. The van der Waals surface area contributed by atoms with E-state index < -0.39 is 47.1 Å². The van der Waals surface area contributed by atoms with Crippen LogP contribution < -0.4 is 21.3 Å². The summed E-state index contributed by atoms with van der Waals surface area (Å²) in [5.74, 6) is -4.74. The summed E-state index contributed by atoms with van der Waals surface area (Å²) in [5.41, 5.74) is 3.31. The van der Waals surface area contributed by atoms with Crippen molar-refractivity contribution >= 4 is 62.4 Å². The van der Waals surface area contributed by atoms with Gasteiger partial charge < -0.3 is 30.6 Å². The average molecular weight is 1030 g/mol. The number of thiazole rings is 1. The fourth-order valence-corrected chi connectivity index (χ4v) is 9.31. The van der Waals surface area contributed by atoms with Gasteiger partial charge in [0.2, 0.25) is 0 Å². The van der Waals surface area contributed by atoms with Gasteiger partial charge in [-0.3, -0.25) is 28.7 Å². The van der Waals surface area contributed by atoms with Crippen LogP contribution in [-0.4, -0.2) is 82.1 Å². The highest BCUT2D eigenvalue weighted by atomic mass is 79.9. The third kappa shape index (κ3) is 11.9. The number of Topliss-reactive ketones (excluding diaryl/α,β-unsaturated/α-hetero) is 1. The van der Waals surface area contributed by atoms with Crippen molar-refractivity contribution in [1.29, 1.82) is 0 Å². The summed E-state index contributed by atoms with van der Waals surface area (Å²) < 4.78 is 52.1. The molecule has 1 aliphatic rings. The number of hydrogen-bond acceptors (Lipinski definition) is 14. The van der Waals surface area contributed by atoms with Crippen molar-refractivity contribution in [1.82, 2.24) is 55.5 Å². The normalized spacial score (nSPS) is 14.5. The number of carbonyl (C=O) groups excluding carboxylic acids is 4. The Kier molecular flexibility index (Phi) is 16.0. The maximum atomic E-state index is 14.1. The Morgan fingerprint density at radius 1 is 0.928 bits per heavy atom. The van der Waals surface area contributed by atoms with Gasteiger partial charge in [-0.1, -0.05) is 46.3 Å². The van der Waals surface area contributed by atoms with Crippen molar-refractivity contribution in [3.63, 3.8) is 0 Å². The van der Waals surface area contributed by atoms with Crippen LogP contribution in [0.2, 0.25) is 0 Å². The van der Waals surface area contributed by atoms with E-state index in [-0.39, 0.29) is 59.6 Å². The first-order chi connectivity index (χ1) is 33.0. The van der Waals surface area contributed by atoms with Crippen molar-refractivity contribution in [2.45, 2.75) is 73.3 Å². The standard InChI is InChI=1S/C46H49BrF3N13O5S/c1-7-68-46(67)38-36(55-42(45-52-12-13-69-45)56-39(38)32-10-8-28(48)15-33(32)47)19-51-17-30-22-62(59-57-30)20-24(2)14-25(3)21-63-23-31(58-60-63)18-53-44(66)41(64)37-26(4)40(61(6)27(37)5)43(65)54-29-9-11-34(49)35(50)16-29/h8-13,15-16,22-25,39,51H,7,14,17-21H2,1-6H3,(H,53,66)(H,54,65)(H,55,56). The van der Waals surface area contributed by atoms with E-state index in [1.807, 2.05) is 11.6 Å². The van der Waals surface area contributed by atoms with E-state index in [4.69, 9.17) is 9.73 Å². The first kappa shape index (κ1) is 50.0. The van der Waals surface area contributed by atoms with E-state index in [1.54, 1.807) is 48.7 Å². The summed E-state index contributed by atoms with van der Waals surface area (Å²) in [6, 6.07) is 6.39. The van der Waals surface area contributed by atoms with Gasteiger partial charge in [0, 0.05) is 78.6 Å². The molecule has 1 aliphatic heterocycles. The second kappa shape index (κ2) is 22.1. The van der Waals surface area contributed by atoms with E-state index >= 15 is 0 Å². The molecule has 0 bridgehead atoms. The monoisotopic (exact) mass is 1030 g/mol. The Balaban J connectivity index is 0.897. The van der Waals surface area contributed by atoms with Crippen LogP contribution in [-0.2, 0) is 47.6 Å². The minimum atomic E-state index is -1.13. The number of rotatable bonds is 20. The molecular weight excluding hydrogens is 984 g/mol. The average Bonchev–Trinajstić information content (AvgIpc) is 4.13. The lowest BCUT2D eigenvalue weighted by atomic mass is 9.95. The zero-order valence-corrected chi connectivity index (χ0v) is 40.8. The molecule has 362 valence electrons. The molecule has 0 saturated heterocycles. The lowest BCUT2D eigenvalue weighted by molar-refractivity contribution is -0.139. The topological polar surface area (TPSA) is 217 Å². The minimum absolute atomic E-state index is 0.0247. The van der Waals surface area contributed by atoms with Gasteiger partial charge in [0.25, 0.3) is 17.6 Å². The van der Waals surface area contributed by atoms with E-state index in [1.165, 1.54) is 41.0 Å². The Bertz CT molecular complexity index is 2950. The molecule has 0 radical (unpaired) electrons. The highest BCUT2D eigenvalue weighted by Gasteiger charge is 2.34. The van der Waals surface area contributed by atoms with Crippen LogP contribution in [0, 0.1) is 43.1 Å². The second-order valence-corrected chi connectivity index (χ2v) is 18.4. The highest BCUT2D eigenvalue weighted by molar-refractivity contribution is 9.10. The Morgan fingerprint density at radius 3 is 2.26 bits per heavy atom. The molecule has 0 saturated carbocycles. The fourth-order valence-electron chi connectivity index (χ4n) is 8.15. The van der Waals surface area contributed by atoms with Crippen LogP contribution in [0.3, 0.4) is 0 Å². The van der Waals surface area contributed by atoms with Crippen LogP contribution in [0.25, 0.3) is 0 Å². The Morgan fingerprint density at radius 2 is 1.62 bits per heavy atom. The molecule has 2 amide bonds. The second-order valence-electron chi connectivity index (χ2n) is 16.6. The molecule has 0 fully saturated rings. The number of hydrogen-bond donors (Lipinski definition) is 4. The largest absolute Gasteiger partial charge is 0.463 e. The molecule has 3 unspecified atom stereocenters. The van der Waals surface area contributed by atoms with Crippen molar-refractivity contribution < 1.29 is 37.1 Å². The van der Waals surface area contributed by atoms with Crippen LogP contribution >= 0.6 is 27.3 Å². The number of benzene rings is 2. The van der Waals surface area contributed by atoms with Crippen molar-refractivity contribution in [2.75, 3.05) is 18.5 Å². The lowest BCUT2D eigenvalue weighted by Crippen LogP contribution is -2.38. The first-order valence-electron chi connectivity index (χ1n) is 21.8. The predicted molar refractivity (Wildman–Crippen MR) is 252 cm³/mol. The van der Waals surface area contributed by atoms with Gasteiger partial charge in [-0.2, -0.15) is 0 Å². The zero-order chi connectivity index (χ0) is 49.5. The molecule has 6 aromatic rings. The molecule has 7 rings (SSSR count). The molecular formula is C46H49BrF3N13O5S. The van der Waals surface area contributed by atoms with E-state index in [0.29, 0.717) is 63.3 Å². The Labute approximate surface area is 407 Å². The first-order valence-corrected chi connectivity index (χ1v) is 23.5. The van der Waals surface area contributed by atoms with Crippen molar-refractivity contribution in [3.8, 4) is 0 Å². The summed E-state index contributed by atoms with van der Waals surface area (Å²) in [7, 11) is 1.56. The van der Waals surface area contributed by atoms with Crippen LogP contribution in [0.15, 0.2) is 81.1 Å². The molecule has 0 spiro atoms. The SMILES string of the molecule is CCOC(=O)C1=C(CNCc2cn(CC(C)CC(C)Cn3cc(CNC(=O)C(=O)c4c(C)c(C(=O)Nc5ccc(F)c(F)c5)n(C)c4C)nn3)nn2)NC(c2nccs2)=NC1c1ccc(F)cc1Br. The number of anilines is 1. The number of esters is 1. The molecule has 3 atom stereocenters. The minimum Gasteiger partial charge on any atom is -0.463 e. The van der Waals surface area contributed by atoms with Gasteiger partial charge in [0.1, 0.15) is 23.2 Å². The zero-order valence-electron chi connectivity index (χ0n) is 38.4. The number of aliphatic imine (C=N–C) groups is 1. The van der Waals surface area contributed by atoms with E-state index in [9.17, 15) is 32.3 Å². The van der Waals surface area contributed by atoms with Crippen molar-refractivity contribution in [2.24, 2.45) is 23.9 Å². The predicted octanol–water partition coefficient (Wildman–Crippen LogP) is 6.27. The van der Waals surface area contributed by atoms with Crippen LogP contribution in [0.1, 0.15) is 87.3 Å².